The molecule has 0 spiro atoms. The van der Waals surface area contributed by atoms with E-state index in [1.807, 2.05) is 42.6 Å². The molecular formula is C21H20N4OS. The molecule has 0 saturated carbocycles. The zero-order chi connectivity index (χ0) is 18.6. The standard InChI is InChI=1S/C21H20N4OS/c1-14-13-27-21(23-14)25-19(26)11-6-8-16-15-7-2-3-9-17(15)24-20(16)18-10-4-5-12-22-18/h2-5,7,9-10,12-13,24H,6,8,11H2,1H3,(H,23,25,26). The van der Waals surface area contributed by atoms with Gasteiger partial charge in [0, 0.05) is 28.9 Å². The van der Waals surface area contributed by atoms with Crippen LogP contribution in [-0.4, -0.2) is 20.9 Å². The molecule has 4 rings (SSSR count). The van der Waals surface area contributed by atoms with Crippen LogP contribution in [0.15, 0.2) is 54.0 Å². The summed E-state index contributed by atoms with van der Waals surface area (Å²) in [5.74, 6) is 0.00331. The second-order valence-corrected chi connectivity index (χ2v) is 7.29. The van der Waals surface area contributed by atoms with E-state index in [0.29, 0.717) is 11.6 Å². The summed E-state index contributed by atoms with van der Waals surface area (Å²) in [4.78, 5) is 24.5. The molecule has 0 fully saturated rings. The van der Waals surface area contributed by atoms with Gasteiger partial charge in [-0.05, 0) is 43.5 Å². The summed E-state index contributed by atoms with van der Waals surface area (Å²) < 4.78 is 0. The molecule has 1 aromatic carbocycles. The van der Waals surface area contributed by atoms with E-state index in [2.05, 4.69) is 32.4 Å². The number of nitrogens with zero attached hydrogens (tertiary/aromatic N) is 2. The lowest BCUT2D eigenvalue weighted by Crippen LogP contribution is -2.11. The molecule has 6 heteroatoms. The molecule has 0 radical (unpaired) electrons. The molecule has 0 bridgehead atoms. The number of benzene rings is 1. The van der Waals surface area contributed by atoms with Gasteiger partial charge in [0.25, 0.3) is 0 Å². The molecule has 4 aromatic rings. The number of pyridine rings is 1. The van der Waals surface area contributed by atoms with Crippen molar-refractivity contribution in [2.45, 2.75) is 26.2 Å². The molecule has 3 heterocycles. The predicted molar refractivity (Wildman–Crippen MR) is 110 cm³/mol. The minimum atomic E-state index is 0.00331. The number of hydrogen-bond donors (Lipinski definition) is 2. The van der Waals surface area contributed by atoms with Gasteiger partial charge in [0.1, 0.15) is 0 Å². The first-order valence-electron chi connectivity index (χ1n) is 8.93. The summed E-state index contributed by atoms with van der Waals surface area (Å²) in [6.07, 6.45) is 3.83. The maximum Gasteiger partial charge on any atom is 0.226 e. The third kappa shape index (κ3) is 3.90. The Morgan fingerprint density at radius 3 is 2.81 bits per heavy atom. The smallest absolute Gasteiger partial charge is 0.226 e. The van der Waals surface area contributed by atoms with Crippen molar-refractivity contribution in [2.24, 2.45) is 0 Å². The van der Waals surface area contributed by atoms with Crippen molar-refractivity contribution in [1.82, 2.24) is 15.0 Å². The third-order valence-corrected chi connectivity index (χ3v) is 5.31. The van der Waals surface area contributed by atoms with E-state index < -0.39 is 0 Å². The lowest BCUT2D eigenvalue weighted by molar-refractivity contribution is -0.116. The van der Waals surface area contributed by atoms with Gasteiger partial charge < -0.3 is 10.3 Å². The van der Waals surface area contributed by atoms with Crippen LogP contribution >= 0.6 is 11.3 Å². The highest BCUT2D eigenvalue weighted by atomic mass is 32.1. The molecule has 5 nitrogen and oxygen atoms in total. The molecule has 0 aliphatic rings. The molecule has 0 unspecified atom stereocenters. The fraction of sp³-hybridized carbons (Fsp3) is 0.190. The summed E-state index contributed by atoms with van der Waals surface area (Å²) in [7, 11) is 0. The molecule has 0 saturated heterocycles. The number of aromatic nitrogens is 3. The highest BCUT2D eigenvalue weighted by molar-refractivity contribution is 7.13. The van der Waals surface area contributed by atoms with Crippen molar-refractivity contribution in [2.75, 3.05) is 5.32 Å². The van der Waals surface area contributed by atoms with Gasteiger partial charge in [-0.3, -0.25) is 9.78 Å². The van der Waals surface area contributed by atoms with Crippen LogP contribution in [-0.2, 0) is 11.2 Å². The van der Waals surface area contributed by atoms with Crippen LogP contribution in [0.2, 0.25) is 0 Å². The lowest BCUT2D eigenvalue weighted by Gasteiger charge is -2.05. The number of H-pyrrole nitrogens is 1. The maximum absolute atomic E-state index is 12.2. The summed E-state index contributed by atoms with van der Waals surface area (Å²) in [5, 5.41) is 6.66. The maximum atomic E-state index is 12.2. The molecule has 0 atom stereocenters. The average Bonchev–Trinajstić information content (AvgIpc) is 3.26. The van der Waals surface area contributed by atoms with E-state index in [1.54, 1.807) is 6.20 Å². The van der Waals surface area contributed by atoms with Gasteiger partial charge >= 0.3 is 0 Å². The Morgan fingerprint density at radius 1 is 1.19 bits per heavy atom. The number of aromatic amines is 1. The normalized spacial score (nSPS) is 11.0. The van der Waals surface area contributed by atoms with Crippen LogP contribution < -0.4 is 5.32 Å². The van der Waals surface area contributed by atoms with Crippen LogP contribution in [0.1, 0.15) is 24.1 Å². The number of anilines is 1. The second kappa shape index (κ2) is 7.72. The van der Waals surface area contributed by atoms with Gasteiger partial charge in [0.15, 0.2) is 5.13 Å². The molecule has 1 amide bonds. The number of nitrogens with one attached hydrogen (secondary N) is 2. The van der Waals surface area contributed by atoms with Crippen LogP contribution in [0.3, 0.4) is 0 Å². The number of aryl methyl sites for hydroxylation is 2. The summed E-state index contributed by atoms with van der Waals surface area (Å²) in [6, 6.07) is 14.2. The Balaban J connectivity index is 1.50. The van der Waals surface area contributed by atoms with Gasteiger partial charge in [0.05, 0.1) is 17.1 Å². The van der Waals surface area contributed by atoms with Crippen molar-refractivity contribution < 1.29 is 4.79 Å². The van der Waals surface area contributed by atoms with Crippen molar-refractivity contribution in [3.8, 4) is 11.4 Å². The van der Waals surface area contributed by atoms with Crippen LogP contribution in [0, 0.1) is 6.92 Å². The summed E-state index contributed by atoms with van der Waals surface area (Å²) >= 11 is 1.45. The number of hydrogen-bond acceptors (Lipinski definition) is 4. The summed E-state index contributed by atoms with van der Waals surface area (Å²) in [6.45, 7) is 1.92. The highest BCUT2D eigenvalue weighted by Gasteiger charge is 2.14. The number of fused-ring (bicyclic) bond motifs is 1. The van der Waals surface area contributed by atoms with Crippen molar-refractivity contribution >= 4 is 33.3 Å². The first-order valence-corrected chi connectivity index (χ1v) is 9.81. The zero-order valence-corrected chi connectivity index (χ0v) is 15.8. The van der Waals surface area contributed by atoms with Gasteiger partial charge in [-0.2, -0.15) is 0 Å². The number of carbonyl (C=O) groups excluding carboxylic acids is 1. The van der Waals surface area contributed by atoms with Crippen molar-refractivity contribution in [1.29, 1.82) is 0 Å². The van der Waals surface area contributed by atoms with Gasteiger partial charge in [-0.1, -0.05) is 24.3 Å². The van der Waals surface area contributed by atoms with E-state index in [9.17, 15) is 4.79 Å². The fourth-order valence-corrected chi connectivity index (χ4v) is 3.91. The molecule has 0 aliphatic carbocycles. The molecule has 0 aliphatic heterocycles. The second-order valence-electron chi connectivity index (χ2n) is 6.43. The zero-order valence-electron chi connectivity index (χ0n) is 15.0. The Bertz CT molecular complexity index is 1070. The van der Waals surface area contributed by atoms with Crippen molar-refractivity contribution in [3.05, 3.63) is 65.3 Å². The van der Waals surface area contributed by atoms with Crippen LogP contribution in [0.4, 0.5) is 5.13 Å². The Hall–Kier alpha value is -2.99. The van der Waals surface area contributed by atoms with Crippen LogP contribution in [0.5, 0.6) is 0 Å². The SMILES string of the molecule is Cc1csc(NC(=O)CCCc2c(-c3ccccn3)[nH]c3ccccc23)n1. The summed E-state index contributed by atoms with van der Waals surface area (Å²) in [5.41, 5.74) is 5.19. The monoisotopic (exact) mass is 376 g/mol. The average molecular weight is 376 g/mol. The number of carbonyl (C=O) groups is 1. The third-order valence-electron chi connectivity index (χ3n) is 4.43. The Morgan fingerprint density at radius 2 is 2.04 bits per heavy atom. The van der Waals surface area contributed by atoms with Gasteiger partial charge in [-0.25, -0.2) is 4.98 Å². The number of para-hydroxylation sites is 1. The van der Waals surface area contributed by atoms with E-state index >= 15 is 0 Å². The molecule has 27 heavy (non-hydrogen) atoms. The molecular weight excluding hydrogens is 356 g/mol. The quantitative estimate of drug-likeness (QED) is 0.500. The number of amides is 1. The van der Waals surface area contributed by atoms with Gasteiger partial charge in [0.2, 0.25) is 5.91 Å². The minimum absolute atomic E-state index is 0.00331. The first kappa shape index (κ1) is 17.4. The largest absolute Gasteiger partial charge is 0.353 e. The topological polar surface area (TPSA) is 70.7 Å². The lowest BCUT2D eigenvalue weighted by atomic mass is 10.0. The van der Waals surface area contributed by atoms with E-state index in [0.717, 1.165) is 35.4 Å². The van der Waals surface area contributed by atoms with Crippen LogP contribution in [0.25, 0.3) is 22.3 Å². The minimum Gasteiger partial charge on any atom is -0.353 e. The Kier molecular flexibility index (Phi) is 4.98. The predicted octanol–water partition coefficient (Wildman–Crippen LogP) is 4.96. The highest BCUT2D eigenvalue weighted by Crippen LogP contribution is 2.30. The molecule has 2 N–H and O–H groups in total. The van der Waals surface area contributed by atoms with E-state index in [-0.39, 0.29) is 5.91 Å². The number of thiazole rings is 1. The van der Waals surface area contributed by atoms with Gasteiger partial charge in [-0.15, -0.1) is 11.3 Å². The fourth-order valence-electron chi connectivity index (χ4n) is 3.21. The van der Waals surface area contributed by atoms with Crippen molar-refractivity contribution in [3.63, 3.8) is 0 Å². The van der Waals surface area contributed by atoms with E-state index in [4.69, 9.17) is 0 Å². The Labute approximate surface area is 161 Å². The molecule has 136 valence electrons. The van der Waals surface area contributed by atoms with E-state index in [1.165, 1.54) is 22.3 Å². The molecule has 3 aromatic heterocycles. The first-order chi connectivity index (χ1) is 13.2. The number of rotatable bonds is 6.